The standard InChI is InChI=1S/C10H17I/c1-3-4-7-10(2)8-5-6-9-11/h3H,1-2,4-9H2. The first-order valence-corrected chi connectivity index (χ1v) is 5.67. The molecule has 0 spiro atoms. The van der Waals surface area contributed by atoms with Crippen LogP contribution in [0.2, 0.25) is 0 Å². The van der Waals surface area contributed by atoms with Gasteiger partial charge >= 0.3 is 0 Å². The first kappa shape index (κ1) is 11.2. The van der Waals surface area contributed by atoms with Gasteiger partial charge in [-0.15, -0.1) is 6.58 Å². The van der Waals surface area contributed by atoms with Crippen molar-refractivity contribution >= 4 is 22.6 Å². The Balaban J connectivity index is 3.15. The SMILES string of the molecule is C=CCCC(=C)CCCCI. The molecule has 0 aliphatic rings. The third-order valence-electron chi connectivity index (χ3n) is 1.62. The number of allylic oxidation sites excluding steroid dienone is 2. The number of unbranched alkanes of at least 4 members (excludes halogenated alkanes) is 1. The topological polar surface area (TPSA) is 0 Å². The van der Waals surface area contributed by atoms with Crippen molar-refractivity contribution < 1.29 is 0 Å². The van der Waals surface area contributed by atoms with Crippen molar-refractivity contribution in [3.8, 4) is 0 Å². The first-order chi connectivity index (χ1) is 5.31. The van der Waals surface area contributed by atoms with Crippen LogP contribution in [-0.4, -0.2) is 4.43 Å². The van der Waals surface area contributed by atoms with E-state index in [1.54, 1.807) is 0 Å². The smallest absolute Gasteiger partial charge is 0.000462 e. The van der Waals surface area contributed by atoms with E-state index in [1.807, 2.05) is 6.08 Å². The molecule has 0 aromatic heterocycles. The second-order valence-electron chi connectivity index (χ2n) is 2.72. The zero-order valence-electron chi connectivity index (χ0n) is 7.11. The van der Waals surface area contributed by atoms with Crippen LogP contribution in [0.5, 0.6) is 0 Å². The quantitative estimate of drug-likeness (QED) is 0.281. The molecule has 0 nitrogen and oxygen atoms in total. The van der Waals surface area contributed by atoms with E-state index in [4.69, 9.17) is 0 Å². The molecule has 0 rings (SSSR count). The van der Waals surface area contributed by atoms with Gasteiger partial charge in [0.05, 0.1) is 0 Å². The average Bonchev–Trinajstić information content (AvgIpc) is 2.01. The molecular weight excluding hydrogens is 247 g/mol. The lowest BCUT2D eigenvalue weighted by molar-refractivity contribution is 0.767. The Morgan fingerprint density at radius 1 is 1.27 bits per heavy atom. The maximum atomic E-state index is 4.01. The molecule has 0 aliphatic carbocycles. The predicted molar refractivity (Wildman–Crippen MR) is 61.3 cm³/mol. The average molecular weight is 264 g/mol. The van der Waals surface area contributed by atoms with Crippen molar-refractivity contribution in [3.05, 3.63) is 24.8 Å². The minimum absolute atomic E-state index is 1.09. The number of hydrogen-bond acceptors (Lipinski definition) is 0. The van der Waals surface area contributed by atoms with Crippen molar-refractivity contribution in [2.24, 2.45) is 0 Å². The fourth-order valence-electron chi connectivity index (χ4n) is 0.901. The van der Waals surface area contributed by atoms with Gasteiger partial charge < -0.3 is 0 Å². The summed E-state index contributed by atoms with van der Waals surface area (Å²) in [4.78, 5) is 0. The third kappa shape index (κ3) is 8.11. The Kier molecular flexibility index (Phi) is 8.47. The van der Waals surface area contributed by atoms with Gasteiger partial charge in [0.1, 0.15) is 0 Å². The van der Waals surface area contributed by atoms with Gasteiger partial charge in [0.15, 0.2) is 0 Å². The molecule has 0 radical (unpaired) electrons. The zero-order valence-corrected chi connectivity index (χ0v) is 9.27. The molecule has 0 unspecified atom stereocenters. The van der Waals surface area contributed by atoms with Crippen LogP contribution in [0.25, 0.3) is 0 Å². The van der Waals surface area contributed by atoms with Gasteiger partial charge in [-0.1, -0.05) is 40.8 Å². The molecule has 64 valence electrons. The Labute approximate surface area is 83.9 Å². The number of hydrogen-bond donors (Lipinski definition) is 0. The maximum absolute atomic E-state index is 4.01. The summed E-state index contributed by atoms with van der Waals surface area (Å²) in [7, 11) is 0. The zero-order chi connectivity index (χ0) is 8.53. The van der Waals surface area contributed by atoms with E-state index < -0.39 is 0 Å². The fourth-order valence-corrected chi connectivity index (χ4v) is 1.44. The summed E-state index contributed by atoms with van der Waals surface area (Å²) in [5, 5.41) is 0. The largest absolute Gasteiger partial charge is 0.103 e. The van der Waals surface area contributed by atoms with Gasteiger partial charge in [-0.05, 0) is 36.5 Å². The number of halogens is 1. The van der Waals surface area contributed by atoms with Gasteiger partial charge in [-0.3, -0.25) is 0 Å². The van der Waals surface area contributed by atoms with E-state index in [0.717, 1.165) is 12.8 Å². The predicted octanol–water partition coefficient (Wildman–Crippen LogP) is 4.11. The lowest BCUT2D eigenvalue weighted by Gasteiger charge is -2.01. The molecule has 1 heteroatoms. The van der Waals surface area contributed by atoms with Crippen LogP contribution in [0.15, 0.2) is 24.8 Å². The van der Waals surface area contributed by atoms with Crippen LogP contribution in [0.3, 0.4) is 0 Å². The van der Waals surface area contributed by atoms with Crippen LogP contribution in [0.4, 0.5) is 0 Å². The molecule has 0 heterocycles. The first-order valence-electron chi connectivity index (χ1n) is 4.14. The monoisotopic (exact) mass is 264 g/mol. The Morgan fingerprint density at radius 2 is 2.00 bits per heavy atom. The van der Waals surface area contributed by atoms with Crippen molar-refractivity contribution in [3.63, 3.8) is 0 Å². The lowest BCUT2D eigenvalue weighted by Crippen LogP contribution is -1.83. The number of alkyl halides is 1. The highest BCUT2D eigenvalue weighted by Gasteiger charge is 1.92. The van der Waals surface area contributed by atoms with Gasteiger partial charge in [0.2, 0.25) is 0 Å². The molecule has 11 heavy (non-hydrogen) atoms. The van der Waals surface area contributed by atoms with Crippen LogP contribution >= 0.6 is 22.6 Å². The molecule has 0 saturated heterocycles. The van der Waals surface area contributed by atoms with E-state index in [1.165, 1.54) is 29.3 Å². The third-order valence-corrected chi connectivity index (χ3v) is 2.38. The molecule has 0 bridgehead atoms. The van der Waals surface area contributed by atoms with Crippen LogP contribution in [0.1, 0.15) is 32.1 Å². The molecule has 0 amide bonds. The summed E-state index contributed by atoms with van der Waals surface area (Å²) < 4.78 is 1.27. The van der Waals surface area contributed by atoms with Gasteiger partial charge in [0.25, 0.3) is 0 Å². The minimum Gasteiger partial charge on any atom is -0.103 e. The van der Waals surface area contributed by atoms with Crippen LogP contribution < -0.4 is 0 Å². The lowest BCUT2D eigenvalue weighted by atomic mass is 10.1. The summed E-state index contributed by atoms with van der Waals surface area (Å²) in [5.74, 6) is 0. The van der Waals surface area contributed by atoms with E-state index in [9.17, 15) is 0 Å². The van der Waals surface area contributed by atoms with E-state index >= 15 is 0 Å². The van der Waals surface area contributed by atoms with Crippen molar-refractivity contribution in [1.82, 2.24) is 0 Å². The highest BCUT2D eigenvalue weighted by Crippen LogP contribution is 2.11. The van der Waals surface area contributed by atoms with Crippen molar-refractivity contribution in [2.75, 3.05) is 4.43 Å². The highest BCUT2D eigenvalue weighted by molar-refractivity contribution is 14.1. The van der Waals surface area contributed by atoms with Crippen LogP contribution in [0, 0.1) is 0 Å². The molecule has 0 aromatic rings. The van der Waals surface area contributed by atoms with Gasteiger partial charge in [0, 0.05) is 0 Å². The second-order valence-corrected chi connectivity index (χ2v) is 3.80. The molecule has 0 aliphatic heterocycles. The van der Waals surface area contributed by atoms with E-state index in [2.05, 4.69) is 35.7 Å². The molecule has 0 aromatic carbocycles. The Morgan fingerprint density at radius 3 is 2.55 bits per heavy atom. The van der Waals surface area contributed by atoms with Crippen molar-refractivity contribution in [2.45, 2.75) is 32.1 Å². The molecular formula is C10H17I. The summed E-state index contributed by atoms with van der Waals surface area (Å²) in [6.07, 6.45) is 8.01. The molecule has 0 N–H and O–H groups in total. The normalized spacial score (nSPS) is 9.55. The molecule has 0 saturated carbocycles. The molecule has 0 atom stereocenters. The summed E-state index contributed by atoms with van der Waals surface area (Å²) in [5.41, 5.74) is 1.38. The van der Waals surface area contributed by atoms with Gasteiger partial charge in [-0.2, -0.15) is 0 Å². The van der Waals surface area contributed by atoms with Crippen LogP contribution in [-0.2, 0) is 0 Å². The summed E-state index contributed by atoms with van der Waals surface area (Å²) in [6.45, 7) is 7.70. The van der Waals surface area contributed by atoms with Crippen molar-refractivity contribution in [1.29, 1.82) is 0 Å². The Hall–Kier alpha value is 0.210. The second kappa shape index (κ2) is 8.31. The summed E-state index contributed by atoms with van der Waals surface area (Å²) in [6, 6.07) is 0. The Bertz CT molecular complexity index is 116. The van der Waals surface area contributed by atoms with E-state index in [0.29, 0.717) is 0 Å². The fraction of sp³-hybridized carbons (Fsp3) is 0.600. The van der Waals surface area contributed by atoms with Gasteiger partial charge in [-0.25, -0.2) is 0 Å². The van der Waals surface area contributed by atoms with E-state index in [-0.39, 0.29) is 0 Å². The highest BCUT2D eigenvalue weighted by atomic mass is 127. The minimum atomic E-state index is 1.09. The summed E-state index contributed by atoms with van der Waals surface area (Å²) >= 11 is 2.42. The maximum Gasteiger partial charge on any atom is -0.000462 e. The number of rotatable bonds is 7. The molecule has 0 fully saturated rings.